The molecule has 3 aliphatic rings. The van der Waals surface area contributed by atoms with Crippen LogP contribution in [0.4, 0.5) is 0 Å². The smallest absolute Gasteiger partial charge is 0.225 e. The Labute approximate surface area is 162 Å². The highest BCUT2D eigenvalue weighted by atomic mass is 16.2. The predicted octanol–water partition coefficient (Wildman–Crippen LogP) is 3.70. The molecule has 1 atom stereocenters. The number of carbonyl (C=O) groups is 2. The van der Waals surface area contributed by atoms with Gasteiger partial charge in [0.2, 0.25) is 11.8 Å². The molecular formula is C23H32N2O2. The van der Waals surface area contributed by atoms with Crippen LogP contribution >= 0.6 is 0 Å². The zero-order valence-electron chi connectivity index (χ0n) is 16.7. The molecule has 2 fully saturated rings. The van der Waals surface area contributed by atoms with Gasteiger partial charge in [-0.25, -0.2) is 0 Å². The second kappa shape index (κ2) is 7.29. The fraction of sp³-hybridized carbons (Fsp3) is 0.652. The number of likely N-dealkylation sites (tertiary alicyclic amines) is 1. The molecule has 1 aromatic carbocycles. The van der Waals surface area contributed by atoms with E-state index in [4.69, 9.17) is 0 Å². The van der Waals surface area contributed by atoms with Crippen LogP contribution in [0.2, 0.25) is 0 Å². The Balaban J connectivity index is 1.49. The van der Waals surface area contributed by atoms with Crippen molar-refractivity contribution >= 4 is 11.8 Å². The van der Waals surface area contributed by atoms with Gasteiger partial charge >= 0.3 is 0 Å². The van der Waals surface area contributed by atoms with Crippen LogP contribution in [-0.2, 0) is 15.0 Å². The average Bonchev–Trinajstić information content (AvgIpc) is 3.30. The van der Waals surface area contributed by atoms with Gasteiger partial charge in [0.1, 0.15) is 0 Å². The monoisotopic (exact) mass is 368 g/mol. The molecule has 27 heavy (non-hydrogen) atoms. The number of amides is 2. The zero-order valence-corrected chi connectivity index (χ0v) is 16.7. The first-order chi connectivity index (χ1) is 13.0. The summed E-state index contributed by atoms with van der Waals surface area (Å²) in [5.41, 5.74) is 2.96. The summed E-state index contributed by atoms with van der Waals surface area (Å²) in [6, 6.07) is 8.72. The molecule has 1 aromatic rings. The fourth-order valence-corrected chi connectivity index (χ4v) is 5.66. The third-order valence-electron chi connectivity index (χ3n) is 7.27. The molecule has 1 spiro atoms. The molecule has 0 bridgehead atoms. The van der Waals surface area contributed by atoms with E-state index >= 15 is 0 Å². The second-order valence-corrected chi connectivity index (χ2v) is 9.07. The first kappa shape index (κ1) is 18.5. The van der Waals surface area contributed by atoms with E-state index in [1.807, 2.05) is 14.1 Å². The Morgan fingerprint density at radius 1 is 1.11 bits per heavy atom. The van der Waals surface area contributed by atoms with Crippen LogP contribution in [0.5, 0.6) is 0 Å². The molecule has 1 aliphatic heterocycles. The van der Waals surface area contributed by atoms with Gasteiger partial charge in [-0.15, -0.1) is 0 Å². The predicted molar refractivity (Wildman–Crippen MR) is 107 cm³/mol. The number of fused-ring (bicyclic) bond motifs is 2. The van der Waals surface area contributed by atoms with Crippen LogP contribution in [0, 0.1) is 5.92 Å². The van der Waals surface area contributed by atoms with Crippen LogP contribution < -0.4 is 0 Å². The van der Waals surface area contributed by atoms with E-state index < -0.39 is 0 Å². The molecule has 1 saturated heterocycles. The molecule has 4 heteroatoms. The topological polar surface area (TPSA) is 40.6 Å². The van der Waals surface area contributed by atoms with Crippen molar-refractivity contribution in [3.63, 3.8) is 0 Å². The molecule has 1 heterocycles. The van der Waals surface area contributed by atoms with Crippen LogP contribution in [0.1, 0.15) is 68.4 Å². The minimum absolute atomic E-state index is 0.153. The molecule has 0 radical (unpaired) electrons. The maximum atomic E-state index is 12.8. The summed E-state index contributed by atoms with van der Waals surface area (Å²) in [5, 5.41) is 0. The van der Waals surface area contributed by atoms with Crippen LogP contribution in [0.3, 0.4) is 0 Å². The lowest BCUT2D eigenvalue weighted by atomic mass is 9.73. The van der Waals surface area contributed by atoms with E-state index in [9.17, 15) is 9.59 Å². The summed E-state index contributed by atoms with van der Waals surface area (Å²) >= 11 is 0. The summed E-state index contributed by atoms with van der Waals surface area (Å²) in [7, 11) is 3.68. The molecule has 0 N–H and O–H groups in total. The molecular weight excluding hydrogens is 336 g/mol. The lowest BCUT2D eigenvalue weighted by molar-refractivity contribution is -0.137. The van der Waals surface area contributed by atoms with Crippen molar-refractivity contribution in [1.82, 2.24) is 9.80 Å². The van der Waals surface area contributed by atoms with Crippen LogP contribution in [0.25, 0.3) is 0 Å². The first-order valence-corrected chi connectivity index (χ1v) is 10.6. The zero-order chi connectivity index (χ0) is 19.0. The van der Waals surface area contributed by atoms with E-state index in [1.54, 1.807) is 4.90 Å². The molecule has 2 aliphatic carbocycles. The minimum atomic E-state index is 0.153. The average molecular weight is 369 g/mol. The summed E-state index contributed by atoms with van der Waals surface area (Å²) < 4.78 is 0. The van der Waals surface area contributed by atoms with E-state index in [1.165, 1.54) is 24.0 Å². The van der Waals surface area contributed by atoms with E-state index in [-0.39, 0.29) is 17.2 Å². The van der Waals surface area contributed by atoms with Gasteiger partial charge in [-0.2, -0.15) is 0 Å². The van der Waals surface area contributed by atoms with Gasteiger partial charge in [0.25, 0.3) is 0 Å². The Morgan fingerprint density at radius 2 is 1.78 bits per heavy atom. The molecule has 4 rings (SSSR count). The Kier molecular flexibility index (Phi) is 5.00. The SMILES string of the molecule is CN(C)C(=O)C[C@@H]1CC2(CCN(C(=O)C3CCCC3)CC2)c2ccccc21. The van der Waals surface area contributed by atoms with Crippen molar-refractivity contribution in [3.8, 4) is 0 Å². The van der Waals surface area contributed by atoms with Gasteiger partial charge < -0.3 is 9.80 Å². The van der Waals surface area contributed by atoms with Gasteiger partial charge in [0.15, 0.2) is 0 Å². The van der Waals surface area contributed by atoms with Crippen molar-refractivity contribution in [3.05, 3.63) is 35.4 Å². The van der Waals surface area contributed by atoms with Gasteiger partial charge in [-0.3, -0.25) is 9.59 Å². The number of hydrogen-bond donors (Lipinski definition) is 0. The third kappa shape index (κ3) is 3.39. The second-order valence-electron chi connectivity index (χ2n) is 9.07. The van der Waals surface area contributed by atoms with Gasteiger partial charge in [0.05, 0.1) is 0 Å². The van der Waals surface area contributed by atoms with Crippen molar-refractivity contribution < 1.29 is 9.59 Å². The number of piperidine rings is 1. The van der Waals surface area contributed by atoms with E-state index in [2.05, 4.69) is 29.2 Å². The van der Waals surface area contributed by atoms with Crippen LogP contribution in [-0.4, -0.2) is 48.8 Å². The maximum Gasteiger partial charge on any atom is 0.225 e. The van der Waals surface area contributed by atoms with Gasteiger partial charge in [0, 0.05) is 39.5 Å². The summed E-state index contributed by atoms with van der Waals surface area (Å²) in [6.07, 6.45) is 8.31. The number of benzene rings is 1. The summed E-state index contributed by atoms with van der Waals surface area (Å²) in [5.74, 6) is 1.20. The summed E-state index contributed by atoms with van der Waals surface area (Å²) in [4.78, 5) is 29.0. The molecule has 2 amide bonds. The quantitative estimate of drug-likeness (QED) is 0.816. The fourth-order valence-electron chi connectivity index (χ4n) is 5.66. The third-order valence-corrected chi connectivity index (χ3v) is 7.27. The van der Waals surface area contributed by atoms with Crippen molar-refractivity contribution in [2.45, 2.75) is 62.7 Å². The Morgan fingerprint density at radius 3 is 2.44 bits per heavy atom. The van der Waals surface area contributed by atoms with Crippen LogP contribution in [0.15, 0.2) is 24.3 Å². The van der Waals surface area contributed by atoms with Crippen molar-refractivity contribution in [1.29, 1.82) is 0 Å². The number of hydrogen-bond acceptors (Lipinski definition) is 2. The maximum absolute atomic E-state index is 12.8. The van der Waals surface area contributed by atoms with E-state index in [0.717, 1.165) is 45.2 Å². The highest BCUT2D eigenvalue weighted by molar-refractivity contribution is 5.79. The van der Waals surface area contributed by atoms with Gasteiger partial charge in [-0.1, -0.05) is 37.1 Å². The van der Waals surface area contributed by atoms with Crippen molar-refractivity contribution in [2.75, 3.05) is 27.2 Å². The minimum Gasteiger partial charge on any atom is -0.349 e. The largest absolute Gasteiger partial charge is 0.349 e. The Hall–Kier alpha value is -1.84. The normalized spacial score (nSPS) is 24.2. The number of carbonyl (C=O) groups excluding carboxylic acids is 2. The highest BCUT2D eigenvalue weighted by Gasteiger charge is 2.46. The Bertz CT molecular complexity index is 713. The lowest BCUT2D eigenvalue weighted by Gasteiger charge is -2.41. The highest BCUT2D eigenvalue weighted by Crippen LogP contribution is 2.52. The first-order valence-electron chi connectivity index (χ1n) is 10.6. The molecule has 0 aromatic heterocycles. The summed E-state index contributed by atoms with van der Waals surface area (Å²) in [6.45, 7) is 1.75. The standard InChI is InChI=1S/C23H32N2O2/c1-24(2)21(26)15-18-16-23(20-10-6-5-9-19(18)20)11-13-25(14-12-23)22(27)17-7-3-4-8-17/h5-6,9-10,17-18H,3-4,7-8,11-16H2,1-2H3/t18-/m1/s1. The molecule has 146 valence electrons. The van der Waals surface area contributed by atoms with Gasteiger partial charge in [-0.05, 0) is 54.6 Å². The molecule has 0 unspecified atom stereocenters. The van der Waals surface area contributed by atoms with Crippen molar-refractivity contribution in [2.24, 2.45) is 5.92 Å². The molecule has 1 saturated carbocycles. The number of nitrogens with zero attached hydrogens (tertiary/aromatic N) is 2. The number of rotatable bonds is 3. The lowest BCUT2D eigenvalue weighted by Crippen LogP contribution is -2.46. The molecule has 4 nitrogen and oxygen atoms in total. The van der Waals surface area contributed by atoms with E-state index in [0.29, 0.717) is 18.2 Å².